The summed E-state index contributed by atoms with van der Waals surface area (Å²) >= 11 is 5.39. The first-order valence-electron chi connectivity index (χ1n) is 10.2. The van der Waals surface area contributed by atoms with E-state index in [1.165, 1.54) is 6.07 Å². The molecular formula is C24H23FN4O3S. The van der Waals surface area contributed by atoms with Gasteiger partial charge in [0.15, 0.2) is 17.3 Å². The third-order valence-corrected chi connectivity index (χ3v) is 5.30. The number of H-pyrrole nitrogens is 1. The van der Waals surface area contributed by atoms with E-state index in [0.717, 1.165) is 11.1 Å². The number of aromatic amines is 1. The van der Waals surface area contributed by atoms with Crippen molar-refractivity contribution in [2.24, 2.45) is 0 Å². The van der Waals surface area contributed by atoms with Crippen LogP contribution in [0.4, 0.5) is 4.39 Å². The van der Waals surface area contributed by atoms with Gasteiger partial charge in [-0.2, -0.15) is 5.10 Å². The summed E-state index contributed by atoms with van der Waals surface area (Å²) in [4.78, 5) is 0. The third kappa shape index (κ3) is 4.98. The Labute approximate surface area is 195 Å². The topological polar surface area (TPSA) is 73.3 Å². The van der Waals surface area contributed by atoms with Crippen molar-refractivity contribution in [1.29, 1.82) is 0 Å². The molecule has 1 heterocycles. The summed E-state index contributed by atoms with van der Waals surface area (Å²) in [7, 11) is 3.18. The molecule has 3 aromatic carbocycles. The van der Waals surface area contributed by atoms with Gasteiger partial charge in [0, 0.05) is 5.56 Å². The first-order valence-corrected chi connectivity index (χ1v) is 10.6. The fourth-order valence-electron chi connectivity index (χ4n) is 3.34. The van der Waals surface area contributed by atoms with Crippen LogP contribution in [0.15, 0.2) is 66.7 Å². The van der Waals surface area contributed by atoms with Crippen LogP contribution >= 0.6 is 12.2 Å². The highest BCUT2D eigenvalue weighted by atomic mass is 32.1. The van der Waals surface area contributed by atoms with E-state index in [1.807, 2.05) is 36.4 Å². The number of para-hydroxylation sites is 1. The average Bonchev–Trinajstić information content (AvgIpc) is 3.22. The molecule has 33 heavy (non-hydrogen) atoms. The molecule has 0 aliphatic rings. The summed E-state index contributed by atoms with van der Waals surface area (Å²) in [5, 5.41) is 7.16. The number of rotatable bonds is 9. The van der Waals surface area contributed by atoms with Crippen LogP contribution < -0.4 is 19.6 Å². The van der Waals surface area contributed by atoms with E-state index < -0.39 is 0 Å². The Morgan fingerprint density at radius 2 is 1.73 bits per heavy atom. The van der Waals surface area contributed by atoms with E-state index >= 15 is 0 Å². The van der Waals surface area contributed by atoms with Crippen molar-refractivity contribution in [1.82, 2.24) is 14.9 Å². The van der Waals surface area contributed by atoms with E-state index in [2.05, 4.69) is 15.6 Å². The molecule has 2 N–H and O–H groups in total. The van der Waals surface area contributed by atoms with Crippen LogP contribution in [-0.4, -0.2) is 29.1 Å². The van der Waals surface area contributed by atoms with E-state index in [1.54, 1.807) is 43.2 Å². The third-order valence-electron chi connectivity index (χ3n) is 5.03. The van der Waals surface area contributed by atoms with Crippen molar-refractivity contribution in [3.8, 4) is 28.6 Å². The van der Waals surface area contributed by atoms with Crippen molar-refractivity contribution in [2.75, 3.05) is 19.6 Å². The van der Waals surface area contributed by atoms with Gasteiger partial charge in [-0.25, -0.2) is 14.2 Å². The lowest BCUT2D eigenvalue weighted by Gasteiger charge is -2.15. The zero-order valence-corrected chi connectivity index (χ0v) is 19.0. The fraction of sp³-hybridized carbons (Fsp3) is 0.167. The van der Waals surface area contributed by atoms with Crippen molar-refractivity contribution < 1.29 is 18.6 Å². The molecule has 0 fully saturated rings. The number of ether oxygens (including phenoxy) is 3. The van der Waals surface area contributed by atoms with Gasteiger partial charge in [-0.05, 0) is 48.1 Å². The Hall–Kier alpha value is -3.85. The lowest BCUT2D eigenvalue weighted by molar-refractivity contribution is 0.279. The fourth-order valence-corrected chi connectivity index (χ4v) is 3.53. The van der Waals surface area contributed by atoms with Gasteiger partial charge in [-0.15, -0.1) is 0 Å². The SMILES string of the molecule is COc1cc(CNn2c(-c3ccccc3OC)n[nH]c2=S)ccc1OCc1ccccc1F. The molecule has 0 aliphatic carbocycles. The standard InChI is InChI=1S/C24H23FN4O3S/c1-30-20-10-6-4-8-18(20)23-27-28-24(33)29(23)26-14-16-11-12-21(22(13-16)31-2)32-15-17-7-3-5-9-19(17)25/h3-13,26H,14-15H2,1-2H3,(H,28,33). The molecule has 0 saturated heterocycles. The minimum Gasteiger partial charge on any atom is -0.496 e. The predicted molar refractivity (Wildman–Crippen MR) is 126 cm³/mol. The molecule has 0 amide bonds. The second kappa shape index (κ2) is 10.2. The highest BCUT2D eigenvalue weighted by Crippen LogP contribution is 2.30. The number of benzene rings is 3. The van der Waals surface area contributed by atoms with Gasteiger partial charge in [-0.3, -0.25) is 0 Å². The maximum atomic E-state index is 13.9. The quantitative estimate of drug-likeness (QED) is 0.335. The molecule has 4 aromatic rings. The zero-order valence-electron chi connectivity index (χ0n) is 18.2. The molecule has 0 bridgehead atoms. The van der Waals surface area contributed by atoms with E-state index in [9.17, 15) is 4.39 Å². The van der Waals surface area contributed by atoms with Gasteiger partial charge in [0.25, 0.3) is 0 Å². The minimum absolute atomic E-state index is 0.104. The van der Waals surface area contributed by atoms with Crippen LogP contribution in [-0.2, 0) is 13.2 Å². The summed E-state index contributed by atoms with van der Waals surface area (Å²) in [6.07, 6.45) is 0. The summed E-state index contributed by atoms with van der Waals surface area (Å²) in [6, 6.07) is 19.6. The molecule has 1 aromatic heterocycles. The summed E-state index contributed by atoms with van der Waals surface area (Å²) in [5.74, 6) is 2.06. The Kier molecular flexibility index (Phi) is 6.89. The first-order chi connectivity index (χ1) is 16.1. The molecule has 170 valence electrons. The van der Waals surface area contributed by atoms with Gasteiger partial charge >= 0.3 is 0 Å². The smallest absolute Gasteiger partial charge is 0.214 e. The highest BCUT2D eigenvalue weighted by molar-refractivity contribution is 7.71. The molecular weight excluding hydrogens is 443 g/mol. The summed E-state index contributed by atoms with van der Waals surface area (Å²) in [5.41, 5.74) is 5.49. The lowest BCUT2D eigenvalue weighted by Crippen LogP contribution is -2.16. The molecule has 0 spiro atoms. The number of aromatic nitrogens is 3. The monoisotopic (exact) mass is 466 g/mol. The molecule has 0 aliphatic heterocycles. The Bertz CT molecular complexity index is 1300. The van der Waals surface area contributed by atoms with Crippen molar-refractivity contribution in [2.45, 2.75) is 13.2 Å². The maximum absolute atomic E-state index is 13.9. The van der Waals surface area contributed by atoms with Crippen LogP contribution in [0.3, 0.4) is 0 Å². The van der Waals surface area contributed by atoms with Crippen LogP contribution in [0, 0.1) is 10.6 Å². The van der Waals surface area contributed by atoms with Crippen molar-refractivity contribution in [3.05, 3.63) is 88.4 Å². The summed E-state index contributed by atoms with van der Waals surface area (Å²) < 4.78 is 32.7. The lowest BCUT2D eigenvalue weighted by atomic mass is 10.2. The second-order valence-electron chi connectivity index (χ2n) is 7.09. The first kappa shape index (κ1) is 22.3. The van der Waals surface area contributed by atoms with Crippen LogP contribution in [0.2, 0.25) is 0 Å². The highest BCUT2D eigenvalue weighted by Gasteiger charge is 2.14. The molecule has 0 unspecified atom stereocenters. The number of nitrogens with one attached hydrogen (secondary N) is 2. The number of hydrogen-bond acceptors (Lipinski definition) is 6. The van der Waals surface area contributed by atoms with E-state index in [0.29, 0.717) is 40.0 Å². The minimum atomic E-state index is -0.306. The van der Waals surface area contributed by atoms with Crippen molar-refractivity contribution in [3.63, 3.8) is 0 Å². The Morgan fingerprint density at radius 3 is 2.52 bits per heavy atom. The molecule has 0 radical (unpaired) electrons. The molecule has 7 nitrogen and oxygen atoms in total. The zero-order chi connectivity index (χ0) is 23.2. The summed E-state index contributed by atoms with van der Waals surface area (Å²) in [6.45, 7) is 0.549. The van der Waals surface area contributed by atoms with Crippen LogP contribution in [0.25, 0.3) is 11.4 Å². The van der Waals surface area contributed by atoms with Crippen LogP contribution in [0.5, 0.6) is 17.2 Å². The van der Waals surface area contributed by atoms with E-state index in [-0.39, 0.29) is 12.4 Å². The number of methoxy groups -OCH3 is 2. The molecule has 9 heteroatoms. The van der Waals surface area contributed by atoms with Gasteiger partial charge in [-0.1, -0.05) is 36.4 Å². The van der Waals surface area contributed by atoms with Gasteiger partial charge in [0.1, 0.15) is 18.2 Å². The van der Waals surface area contributed by atoms with Gasteiger partial charge in [0.2, 0.25) is 4.77 Å². The Morgan fingerprint density at radius 1 is 0.970 bits per heavy atom. The normalized spacial score (nSPS) is 10.6. The van der Waals surface area contributed by atoms with Crippen LogP contribution in [0.1, 0.15) is 11.1 Å². The largest absolute Gasteiger partial charge is 0.496 e. The van der Waals surface area contributed by atoms with Gasteiger partial charge in [0.05, 0.1) is 26.3 Å². The number of halogens is 1. The number of hydrogen-bond donors (Lipinski definition) is 2. The maximum Gasteiger partial charge on any atom is 0.214 e. The second-order valence-corrected chi connectivity index (χ2v) is 7.47. The Balaban J connectivity index is 1.50. The van der Waals surface area contributed by atoms with Gasteiger partial charge < -0.3 is 19.6 Å². The molecule has 0 saturated carbocycles. The predicted octanol–water partition coefficient (Wildman–Crippen LogP) is 5.09. The molecule has 0 atom stereocenters. The van der Waals surface area contributed by atoms with E-state index in [4.69, 9.17) is 26.4 Å². The average molecular weight is 467 g/mol. The van der Waals surface area contributed by atoms with Crippen molar-refractivity contribution >= 4 is 12.2 Å². The molecule has 4 rings (SSSR count). The number of nitrogens with zero attached hydrogens (tertiary/aromatic N) is 2.